The zero-order valence-corrected chi connectivity index (χ0v) is 13.8. The van der Waals surface area contributed by atoms with Crippen LogP contribution in [0.2, 0.25) is 0 Å². The van der Waals surface area contributed by atoms with E-state index in [-0.39, 0.29) is 5.54 Å². The number of hydrogen-bond acceptors (Lipinski definition) is 6. The Kier molecular flexibility index (Phi) is 8.07. The Morgan fingerprint density at radius 2 is 1.82 bits per heavy atom. The van der Waals surface area contributed by atoms with E-state index in [1.54, 1.807) is 13.2 Å². The summed E-state index contributed by atoms with van der Waals surface area (Å²) < 4.78 is 35.5. The van der Waals surface area contributed by atoms with Crippen LogP contribution in [0.3, 0.4) is 0 Å². The van der Waals surface area contributed by atoms with Gasteiger partial charge < -0.3 is 10.1 Å². The van der Waals surface area contributed by atoms with Gasteiger partial charge in [-0.15, -0.1) is 0 Å². The van der Waals surface area contributed by atoms with Crippen LogP contribution in [-0.4, -0.2) is 32.5 Å². The molecule has 8 heteroatoms. The van der Waals surface area contributed by atoms with Gasteiger partial charge in [-0.3, -0.25) is 4.99 Å². The molecule has 126 valence electrons. The van der Waals surface area contributed by atoms with Crippen LogP contribution >= 0.6 is 0 Å². The number of halogens is 1. The molecule has 0 unspecified atom stereocenters. The summed E-state index contributed by atoms with van der Waals surface area (Å²) in [6.45, 7) is 9.89. The van der Waals surface area contributed by atoms with E-state index in [4.69, 9.17) is 23.4 Å². The van der Waals surface area contributed by atoms with Crippen LogP contribution in [0.25, 0.3) is 0 Å². The van der Waals surface area contributed by atoms with Gasteiger partial charge in [0.1, 0.15) is 11.6 Å². The number of nitrogens with zero attached hydrogens (tertiary/aromatic N) is 1. The summed E-state index contributed by atoms with van der Waals surface area (Å²) in [6, 6.07) is 7.72. The molecule has 1 rings (SSSR count). The fourth-order valence-electron chi connectivity index (χ4n) is 1.37. The van der Waals surface area contributed by atoms with Crippen LogP contribution in [-0.2, 0) is 0 Å². The van der Waals surface area contributed by atoms with Crippen molar-refractivity contribution in [1.82, 2.24) is 0 Å². The van der Waals surface area contributed by atoms with Gasteiger partial charge in [-0.25, -0.2) is 0 Å². The number of rotatable bonds is 3. The van der Waals surface area contributed by atoms with E-state index in [9.17, 15) is 0 Å². The van der Waals surface area contributed by atoms with Crippen molar-refractivity contribution >= 4 is 11.5 Å². The normalized spacial score (nSPS) is 12.8. The van der Waals surface area contributed by atoms with Crippen molar-refractivity contribution < 1.29 is 33.6 Å². The Morgan fingerprint density at radius 1 is 1.32 bits per heavy atom. The molecule has 1 aromatic rings. The number of methoxy groups -OCH3 is 1. The second-order valence-electron chi connectivity index (χ2n) is 5.13. The maximum atomic E-state index is 8.83. The Morgan fingerprint density at radius 3 is 2.23 bits per heavy atom. The molecule has 0 aliphatic carbocycles. The van der Waals surface area contributed by atoms with Gasteiger partial charge in [-0.2, -0.15) is 0 Å². The predicted octanol–water partition coefficient (Wildman–Crippen LogP) is 0.630. The fourth-order valence-corrected chi connectivity index (χ4v) is 1.37. The number of hydrogen-bond donors (Lipinski definition) is 4. The molecule has 0 aliphatic heterocycles. The van der Waals surface area contributed by atoms with Crippen LogP contribution in [0, 0.1) is 10.2 Å². The van der Waals surface area contributed by atoms with Crippen molar-refractivity contribution in [3.8, 4) is 5.75 Å². The monoisotopic (exact) mass is 334 g/mol. The molecule has 0 fully saturated rings. The second-order valence-corrected chi connectivity index (χ2v) is 6.00. The van der Waals surface area contributed by atoms with Crippen LogP contribution < -0.4 is 14.7 Å². The molecule has 7 nitrogen and oxygen atoms in total. The SMILES string of the molecule is C=CC(=NC(C)(C)C)Nc1ccccc1OC.[O-][Cl+](O)(O)O. The summed E-state index contributed by atoms with van der Waals surface area (Å²) in [4.78, 5) is 4.53. The molecule has 0 amide bonds. The number of aliphatic imine (C=N–C) groups is 1. The fraction of sp³-hybridized carbons (Fsp3) is 0.357. The van der Waals surface area contributed by atoms with Gasteiger partial charge in [0.15, 0.2) is 0 Å². The van der Waals surface area contributed by atoms with Gasteiger partial charge in [0, 0.05) is 0 Å². The topological polar surface area (TPSA) is 117 Å². The molecule has 0 radical (unpaired) electrons. The Labute approximate surface area is 132 Å². The summed E-state index contributed by atoms with van der Waals surface area (Å²) in [5.74, 6) is 1.53. The number of nitrogens with one attached hydrogen (secondary N) is 1. The Bertz CT molecular complexity index is 501. The minimum atomic E-state index is -4.19. The number of amidine groups is 1. The van der Waals surface area contributed by atoms with Crippen LogP contribution in [0.5, 0.6) is 5.75 Å². The van der Waals surface area contributed by atoms with E-state index in [2.05, 4.69) is 16.9 Å². The third-order valence-electron chi connectivity index (χ3n) is 2.02. The predicted molar refractivity (Wildman–Crippen MR) is 80.7 cm³/mol. The molecular weight excluding hydrogens is 312 g/mol. The Hall–Kier alpha value is -1.64. The van der Waals surface area contributed by atoms with Crippen molar-refractivity contribution in [1.29, 1.82) is 0 Å². The number of para-hydroxylation sites is 2. The van der Waals surface area contributed by atoms with Crippen LogP contribution in [0.1, 0.15) is 20.8 Å². The second kappa shape index (κ2) is 8.72. The first-order chi connectivity index (χ1) is 9.96. The first kappa shape index (κ1) is 20.4. The third-order valence-corrected chi connectivity index (χ3v) is 2.02. The van der Waals surface area contributed by atoms with E-state index in [0.717, 1.165) is 17.3 Å². The van der Waals surface area contributed by atoms with E-state index in [1.807, 2.05) is 45.0 Å². The average molecular weight is 335 g/mol. The van der Waals surface area contributed by atoms with Crippen molar-refractivity contribution in [3.63, 3.8) is 0 Å². The first-order valence-electron chi connectivity index (χ1n) is 6.25. The molecule has 0 aromatic heterocycles. The van der Waals surface area contributed by atoms with E-state index in [0.29, 0.717) is 0 Å². The molecular formula is C14H23ClN2O5. The molecule has 0 aliphatic rings. The summed E-state index contributed by atoms with van der Waals surface area (Å²) >= 11 is 0. The summed E-state index contributed by atoms with van der Waals surface area (Å²) in [7, 11) is -2.55. The quantitative estimate of drug-likeness (QED) is 0.476. The van der Waals surface area contributed by atoms with Crippen molar-refractivity contribution in [3.05, 3.63) is 36.9 Å². The maximum absolute atomic E-state index is 8.83. The zero-order chi connectivity index (χ0) is 17.4. The standard InChI is InChI=1S/C14H20N2O.ClH3O4/c1-6-13(16-14(2,3)4)15-11-9-7-8-10-12(11)17-5;2-1(3,4)5/h6-10H,1H2,2-5H3,(H,15,16);2-4H. The van der Waals surface area contributed by atoms with Gasteiger partial charge in [-0.05, 0) is 39.0 Å². The van der Waals surface area contributed by atoms with Gasteiger partial charge in [-0.1, -0.05) is 18.7 Å². The van der Waals surface area contributed by atoms with Crippen molar-refractivity contribution in [2.24, 2.45) is 4.99 Å². The van der Waals surface area contributed by atoms with E-state index < -0.39 is 10.2 Å². The summed E-state index contributed by atoms with van der Waals surface area (Å²) in [5, 5.41) is 3.21. The van der Waals surface area contributed by atoms with Gasteiger partial charge in [0.05, 0.1) is 18.3 Å². The Balaban J connectivity index is 0.000000763. The minimum absolute atomic E-state index is 0.140. The zero-order valence-electron chi connectivity index (χ0n) is 13.1. The third kappa shape index (κ3) is 11.1. The molecule has 0 bridgehead atoms. The average Bonchev–Trinajstić information content (AvgIpc) is 2.35. The number of anilines is 1. The van der Waals surface area contributed by atoms with Gasteiger partial charge in [0.25, 0.3) is 0 Å². The molecule has 0 atom stereocenters. The number of ether oxygens (including phenoxy) is 1. The molecule has 1 aromatic carbocycles. The molecule has 4 N–H and O–H groups in total. The molecule has 0 saturated carbocycles. The van der Waals surface area contributed by atoms with Crippen molar-refractivity contribution in [2.45, 2.75) is 26.3 Å². The van der Waals surface area contributed by atoms with E-state index >= 15 is 0 Å². The molecule has 0 spiro atoms. The summed E-state index contributed by atoms with van der Waals surface area (Å²) in [5.41, 5.74) is 0.747. The molecule has 22 heavy (non-hydrogen) atoms. The number of benzene rings is 1. The van der Waals surface area contributed by atoms with Gasteiger partial charge in [0.2, 0.25) is 0 Å². The molecule has 0 saturated heterocycles. The molecule has 0 heterocycles. The van der Waals surface area contributed by atoms with E-state index in [1.165, 1.54) is 0 Å². The summed E-state index contributed by atoms with van der Waals surface area (Å²) in [6.07, 6.45) is 1.71. The van der Waals surface area contributed by atoms with Crippen molar-refractivity contribution in [2.75, 3.05) is 12.4 Å². The first-order valence-corrected chi connectivity index (χ1v) is 7.57. The van der Waals surface area contributed by atoms with Crippen LogP contribution in [0.15, 0.2) is 41.9 Å². The van der Waals surface area contributed by atoms with Gasteiger partial charge >= 0.3 is 28.9 Å². The van der Waals surface area contributed by atoms with Crippen LogP contribution in [0.4, 0.5) is 5.69 Å².